The van der Waals surface area contributed by atoms with Crippen LogP contribution >= 0.6 is 0 Å². The molecule has 0 spiro atoms. The fourth-order valence-corrected chi connectivity index (χ4v) is 3.87. The van der Waals surface area contributed by atoms with Crippen molar-refractivity contribution < 1.29 is 14.6 Å². The van der Waals surface area contributed by atoms with Gasteiger partial charge in [-0.2, -0.15) is 0 Å². The van der Waals surface area contributed by atoms with Gasteiger partial charge in [0.05, 0.1) is 18.1 Å². The number of β-amino-alcohol motifs (C(OH)–C–C–N with tert-alkyl or cyclic N) is 1. The summed E-state index contributed by atoms with van der Waals surface area (Å²) in [6, 6.07) is 8.28. The minimum atomic E-state index is -0.455. The summed E-state index contributed by atoms with van der Waals surface area (Å²) in [5, 5.41) is 9.98. The van der Waals surface area contributed by atoms with Crippen molar-refractivity contribution in [2.24, 2.45) is 0 Å². The molecule has 25 heavy (non-hydrogen) atoms. The van der Waals surface area contributed by atoms with E-state index in [0.717, 1.165) is 39.0 Å². The molecule has 1 unspecified atom stereocenters. The molecule has 5 nitrogen and oxygen atoms in total. The Morgan fingerprint density at radius 2 is 1.92 bits per heavy atom. The molecular formula is C20H30N2O3. The van der Waals surface area contributed by atoms with Crippen molar-refractivity contribution >= 4 is 5.91 Å². The van der Waals surface area contributed by atoms with Gasteiger partial charge in [0, 0.05) is 39.3 Å². The molecule has 2 aliphatic rings. The van der Waals surface area contributed by atoms with E-state index in [4.69, 9.17) is 4.74 Å². The van der Waals surface area contributed by atoms with E-state index in [1.165, 1.54) is 11.1 Å². The Hall–Kier alpha value is -1.43. The van der Waals surface area contributed by atoms with Gasteiger partial charge in [-0.05, 0) is 37.8 Å². The molecule has 0 bridgehead atoms. The Bertz CT molecular complexity index is 592. The van der Waals surface area contributed by atoms with Crippen LogP contribution in [0.3, 0.4) is 0 Å². The number of hydrogen-bond acceptors (Lipinski definition) is 4. The smallest absolute Gasteiger partial charge is 0.233 e. The standard InChI is InChI=1S/C20H30N2O3/c1-3-25-15-17(23)14-21-10-12-22(13-11-21)19(24)20(8-9-20)18-7-5-4-6-16(18)2/h4-7,17,23H,3,8-15H2,1-2H3. The molecule has 1 aromatic rings. The molecule has 1 saturated carbocycles. The topological polar surface area (TPSA) is 53.0 Å². The van der Waals surface area contributed by atoms with E-state index in [1.807, 2.05) is 24.0 Å². The van der Waals surface area contributed by atoms with Gasteiger partial charge in [0.2, 0.25) is 5.91 Å². The van der Waals surface area contributed by atoms with E-state index >= 15 is 0 Å². The molecule has 0 aromatic heterocycles. The van der Waals surface area contributed by atoms with Crippen LogP contribution in [0, 0.1) is 6.92 Å². The molecule has 1 aliphatic heterocycles. The zero-order chi connectivity index (χ0) is 17.9. The Morgan fingerprint density at radius 1 is 1.24 bits per heavy atom. The van der Waals surface area contributed by atoms with Gasteiger partial charge in [0.25, 0.3) is 0 Å². The van der Waals surface area contributed by atoms with E-state index in [0.29, 0.717) is 19.8 Å². The van der Waals surface area contributed by atoms with Crippen LogP contribution < -0.4 is 0 Å². The van der Waals surface area contributed by atoms with Crippen molar-refractivity contribution in [2.45, 2.75) is 38.2 Å². The molecule has 1 saturated heterocycles. The lowest BCUT2D eigenvalue weighted by atomic mass is 9.90. The second kappa shape index (κ2) is 7.85. The van der Waals surface area contributed by atoms with Crippen molar-refractivity contribution in [1.29, 1.82) is 0 Å². The zero-order valence-electron chi connectivity index (χ0n) is 15.4. The largest absolute Gasteiger partial charge is 0.389 e. The molecule has 1 N–H and O–H groups in total. The number of rotatable bonds is 7. The van der Waals surface area contributed by atoms with Crippen molar-refractivity contribution in [2.75, 3.05) is 45.9 Å². The lowest BCUT2D eigenvalue weighted by molar-refractivity contribution is -0.136. The lowest BCUT2D eigenvalue weighted by Crippen LogP contribution is -2.53. The van der Waals surface area contributed by atoms with Crippen LogP contribution in [0.2, 0.25) is 0 Å². The number of nitrogens with zero attached hydrogens (tertiary/aromatic N) is 2. The van der Waals surface area contributed by atoms with Gasteiger partial charge in [-0.1, -0.05) is 24.3 Å². The molecule has 0 radical (unpaired) electrons. The van der Waals surface area contributed by atoms with Gasteiger partial charge in [-0.25, -0.2) is 0 Å². The van der Waals surface area contributed by atoms with Crippen LogP contribution in [-0.2, 0) is 14.9 Å². The first-order valence-corrected chi connectivity index (χ1v) is 9.40. The van der Waals surface area contributed by atoms with Gasteiger partial charge >= 0.3 is 0 Å². The Balaban J connectivity index is 1.55. The monoisotopic (exact) mass is 346 g/mol. The number of aliphatic hydroxyl groups is 1. The average molecular weight is 346 g/mol. The van der Waals surface area contributed by atoms with Crippen molar-refractivity contribution in [3.05, 3.63) is 35.4 Å². The summed E-state index contributed by atoms with van der Waals surface area (Å²) in [7, 11) is 0. The van der Waals surface area contributed by atoms with Crippen LogP contribution in [0.15, 0.2) is 24.3 Å². The van der Waals surface area contributed by atoms with E-state index in [2.05, 4.69) is 24.0 Å². The Morgan fingerprint density at radius 3 is 2.52 bits per heavy atom. The number of aliphatic hydroxyl groups excluding tert-OH is 1. The second-order valence-corrected chi connectivity index (χ2v) is 7.30. The predicted octanol–water partition coefficient (Wildman–Crippen LogP) is 1.57. The quantitative estimate of drug-likeness (QED) is 0.814. The number of aryl methyl sites for hydroxylation is 1. The lowest BCUT2D eigenvalue weighted by Gasteiger charge is -2.37. The van der Waals surface area contributed by atoms with Crippen molar-refractivity contribution in [3.63, 3.8) is 0 Å². The number of carbonyl (C=O) groups excluding carboxylic acids is 1. The maximum atomic E-state index is 13.1. The van der Waals surface area contributed by atoms with Gasteiger partial charge in [0.15, 0.2) is 0 Å². The highest BCUT2D eigenvalue weighted by molar-refractivity contribution is 5.91. The molecule has 2 fully saturated rings. The molecule has 1 aliphatic carbocycles. The van der Waals surface area contributed by atoms with E-state index in [1.54, 1.807) is 0 Å². The number of benzene rings is 1. The second-order valence-electron chi connectivity index (χ2n) is 7.30. The summed E-state index contributed by atoms with van der Waals surface area (Å²) >= 11 is 0. The van der Waals surface area contributed by atoms with Crippen LogP contribution in [0.4, 0.5) is 0 Å². The summed E-state index contributed by atoms with van der Waals surface area (Å²) < 4.78 is 5.27. The van der Waals surface area contributed by atoms with Crippen LogP contribution in [0.5, 0.6) is 0 Å². The highest BCUT2D eigenvalue weighted by Crippen LogP contribution is 2.50. The number of hydrogen-bond donors (Lipinski definition) is 1. The fourth-order valence-electron chi connectivity index (χ4n) is 3.87. The Labute approximate surface area is 150 Å². The third kappa shape index (κ3) is 4.05. The van der Waals surface area contributed by atoms with Crippen LogP contribution in [0.1, 0.15) is 30.9 Å². The van der Waals surface area contributed by atoms with Gasteiger partial charge in [-0.3, -0.25) is 9.69 Å². The minimum absolute atomic E-state index is 0.276. The molecule has 1 amide bonds. The molecule has 1 aromatic carbocycles. The van der Waals surface area contributed by atoms with E-state index in [9.17, 15) is 9.90 Å². The average Bonchev–Trinajstić information content (AvgIpc) is 3.42. The highest BCUT2D eigenvalue weighted by Gasteiger charge is 2.53. The highest BCUT2D eigenvalue weighted by atomic mass is 16.5. The van der Waals surface area contributed by atoms with Gasteiger partial charge in [-0.15, -0.1) is 0 Å². The first-order valence-electron chi connectivity index (χ1n) is 9.40. The summed E-state index contributed by atoms with van der Waals surface area (Å²) in [4.78, 5) is 17.4. The molecule has 1 heterocycles. The minimum Gasteiger partial charge on any atom is -0.389 e. The maximum Gasteiger partial charge on any atom is 0.233 e. The first kappa shape index (κ1) is 18.4. The van der Waals surface area contributed by atoms with Crippen molar-refractivity contribution in [1.82, 2.24) is 9.80 Å². The van der Waals surface area contributed by atoms with Crippen LogP contribution in [-0.4, -0.2) is 72.9 Å². The van der Waals surface area contributed by atoms with Gasteiger partial charge < -0.3 is 14.7 Å². The normalized spacial score (nSPS) is 21.2. The molecular weight excluding hydrogens is 316 g/mol. The molecule has 1 atom stereocenters. The van der Waals surface area contributed by atoms with E-state index in [-0.39, 0.29) is 11.3 Å². The summed E-state index contributed by atoms with van der Waals surface area (Å²) in [6.45, 7) is 8.77. The third-order valence-corrected chi connectivity index (χ3v) is 5.46. The fraction of sp³-hybridized carbons (Fsp3) is 0.650. The zero-order valence-corrected chi connectivity index (χ0v) is 15.4. The molecule has 5 heteroatoms. The summed E-state index contributed by atoms with van der Waals surface area (Å²) in [6.07, 6.45) is 1.47. The van der Waals surface area contributed by atoms with Crippen molar-refractivity contribution in [3.8, 4) is 0 Å². The number of piperazine rings is 1. The third-order valence-electron chi connectivity index (χ3n) is 5.46. The molecule has 138 valence electrons. The number of carbonyl (C=O) groups is 1. The first-order chi connectivity index (χ1) is 12.1. The summed E-state index contributed by atoms with van der Waals surface area (Å²) in [5.74, 6) is 0.288. The number of amides is 1. The van der Waals surface area contributed by atoms with E-state index < -0.39 is 6.10 Å². The van der Waals surface area contributed by atoms with Gasteiger partial charge in [0.1, 0.15) is 0 Å². The maximum absolute atomic E-state index is 13.1. The SMILES string of the molecule is CCOCC(O)CN1CCN(C(=O)C2(c3ccccc3C)CC2)CC1. The predicted molar refractivity (Wildman–Crippen MR) is 97.6 cm³/mol. The summed E-state index contributed by atoms with van der Waals surface area (Å²) in [5.41, 5.74) is 2.14. The Kier molecular flexibility index (Phi) is 5.77. The molecule has 3 rings (SSSR count). The van der Waals surface area contributed by atoms with Crippen LogP contribution in [0.25, 0.3) is 0 Å². The number of ether oxygens (including phenoxy) is 1.